The number of benzene rings is 1. The first-order valence-corrected chi connectivity index (χ1v) is 7.41. The molecule has 1 aromatic carbocycles. The second-order valence-corrected chi connectivity index (χ2v) is 5.45. The van der Waals surface area contributed by atoms with Gasteiger partial charge in [0.25, 0.3) is 0 Å². The maximum atomic E-state index is 5.40. The summed E-state index contributed by atoms with van der Waals surface area (Å²) >= 11 is 1.75. The van der Waals surface area contributed by atoms with Gasteiger partial charge < -0.3 is 14.8 Å². The minimum Gasteiger partial charge on any atom is -0.454 e. The third-order valence-corrected chi connectivity index (χ3v) is 4.07. The lowest BCUT2D eigenvalue weighted by molar-refractivity contribution is 0.174. The second-order valence-electron chi connectivity index (χ2n) is 4.67. The summed E-state index contributed by atoms with van der Waals surface area (Å²) in [5.41, 5.74) is 2.63. The Hall–Kier alpha value is -1.52. The zero-order chi connectivity index (χ0) is 13.1. The van der Waals surface area contributed by atoms with Crippen LogP contribution < -0.4 is 14.8 Å². The van der Waals surface area contributed by atoms with E-state index in [1.165, 1.54) is 11.1 Å². The van der Waals surface area contributed by atoms with Crippen LogP contribution in [0.5, 0.6) is 11.5 Å². The van der Waals surface area contributed by atoms with Gasteiger partial charge >= 0.3 is 0 Å². The van der Waals surface area contributed by atoms with Crippen LogP contribution in [0.25, 0.3) is 0 Å². The van der Waals surface area contributed by atoms with E-state index < -0.39 is 0 Å². The van der Waals surface area contributed by atoms with E-state index in [0.717, 1.165) is 24.5 Å². The highest BCUT2D eigenvalue weighted by atomic mass is 32.1. The van der Waals surface area contributed by atoms with Crippen molar-refractivity contribution in [2.75, 3.05) is 13.3 Å². The van der Waals surface area contributed by atoms with Gasteiger partial charge in [-0.3, -0.25) is 0 Å². The van der Waals surface area contributed by atoms with Gasteiger partial charge in [0.15, 0.2) is 11.5 Å². The Kier molecular flexibility index (Phi) is 3.71. The van der Waals surface area contributed by atoms with Crippen molar-refractivity contribution in [3.63, 3.8) is 0 Å². The van der Waals surface area contributed by atoms with Crippen LogP contribution in [0.15, 0.2) is 35.0 Å². The van der Waals surface area contributed by atoms with Crippen LogP contribution in [0.2, 0.25) is 0 Å². The third kappa shape index (κ3) is 2.91. The van der Waals surface area contributed by atoms with Crippen molar-refractivity contribution in [1.82, 2.24) is 5.32 Å². The zero-order valence-electron chi connectivity index (χ0n) is 10.9. The minimum absolute atomic E-state index is 0.313. The van der Waals surface area contributed by atoms with Crippen molar-refractivity contribution in [1.29, 1.82) is 0 Å². The van der Waals surface area contributed by atoms with Gasteiger partial charge in [-0.15, -0.1) is 0 Å². The third-order valence-electron chi connectivity index (χ3n) is 3.34. The van der Waals surface area contributed by atoms with Crippen molar-refractivity contribution in [2.24, 2.45) is 0 Å². The van der Waals surface area contributed by atoms with Crippen molar-refractivity contribution < 1.29 is 9.47 Å². The van der Waals surface area contributed by atoms with Gasteiger partial charge in [-0.05, 0) is 60.0 Å². The van der Waals surface area contributed by atoms with Crippen LogP contribution in [0.1, 0.15) is 24.1 Å². The molecular formula is C15H17NO2S. The fraction of sp³-hybridized carbons (Fsp3) is 0.333. The molecule has 0 radical (unpaired) electrons. The van der Waals surface area contributed by atoms with E-state index in [1.54, 1.807) is 11.3 Å². The number of ether oxygens (including phenoxy) is 2. The topological polar surface area (TPSA) is 30.5 Å². The average Bonchev–Trinajstić information content (AvgIpc) is 3.08. The first-order chi connectivity index (χ1) is 9.33. The van der Waals surface area contributed by atoms with Crippen molar-refractivity contribution in [3.05, 3.63) is 46.2 Å². The monoisotopic (exact) mass is 275 g/mol. The lowest BCUT2D eigenvalue weighted by Gasteiger charge is -2.14. The van der Waals surface area contributed by atoms with Gasteiger partial charge in [-0.2, -0.15) is 11.3 Å². The predicted molar refractivity (Wildman–Crippen MR) is 77.0 cm³/mol. The maximum Gasteiger partial charge on any atom is 0.231 e. The molecule has 3 nitrogen and oxygen atoms in total. The molecule has 0 aliphatic carbocycles. The van der Waals surface area contributed by atoms with Gasteiger partial charge in [0.05, 0.1) is 0 Å². The van der Waals surface area contributed by atoms with Gasteiger partial charge in [0, 0.05) is 6.04 Å². The van der Waals surface area contributed by atoms with Gasteiger partial charge in [0.1, 0.15) is 0 Å². The van der Waals surface area contributed by atoms with E-state index in [2.05, 4.69) is 41.2 Å². The summed E-state index contributed by atoms with van der Waals surface area (Å²) in [5, 5.41) is 7.86. The predicted octanol–water partition coefficient (Wildman–Crippen LogP) is 3.37. The number of fused-ring (bicyclic) bond motifs is 1. The van der Waals surface area contributed by atoms with Crippen molar-refractivity contribution in [3.8, 4) is 11.5 Å². The Balaban J connectivity index is 1.56. The molecule has 0 spiro atoms. The Bertz CT molecular complexity index is 539. The highest BCUT2D eigenvalue weighted by Gasteiger charge is 2.15. The number of hydrogen-bond donors (Lipinski definition) is 1. The van der Waals surface area contributed by atoms with Crippen LogP contribution >= 0.6 is 11.3 Å². The number of rotatable bonds is 5. The van der Waals surface area contributed by atoms with Crippen LogP contribution in [-0.2, 0) is 6.42 Å². The molecule has 0 amide bonds. The number of nitrogens with one attached hydrogen (secondary N) is 1. The Morgan fingerprint density at radius 3 is 3.00 bits per heavy atom. The Morgan fingerprint density at radius 1 is 1.26 bits per heavy atom. The highest BCUT2D eigenvalue weighted by molar-refractivity contribution is 7.07. The van der Waals surface area contributed by atoms with E-state index >= 15 is 0 Å². The molecule has 0 bridgehead atoms. The smallest absolute Gasteiger partial charge is 0.231 e. The van der Waals surface area contributed by atoms with Crippen LogP contribution in [0.3, 0.4) is 0 Å². The Morgan fingerprint density at radius 2 is 2.16 bits per heavy atom. The molecule has 19 heavy (non-hydrogen) atoms. The lowest BCUT2D eigenvalue weighted by atomic mass is 10.1. The zero-order valence-corrected chi connectivity index (χ0v) is 11.7. The SMILES string of the molecule is CC(NCCc1ccsc1)c1ccc2c(c1)OCO2. The van der Waals surface area contributed by atoms with E-state index in [9.17, 15) is 0 Å². The molecule has 2 aromatic rings. The normalized spacial score (nSPS) is 14.6. The molecule has 4 heteroatoms. The summed E-state index contributed by atoms with van der Waals surface area (Å²) in [6.07, 6.45) is 1.07. The van der Waals surface area contributed by atoms with E-state index in [1.807, 2.05) is 6.07 Å². The summed E-state index contributed by atoms with van der Waals surface area (Å²) < 4.78 is 10.7. The van der Waals surface area contributed by atoms with Gasteiger partial charge in [0.2, 0.25) is 6.79 Å². The van der Waals surface area contributed by atoms with Gasteiger partial charge in [-0.1, -0.05) is 6.07 Å². The molecule has 0 fully saturated rings. The van der Waals surface area contributed by atoms with Gasteiger partial charge in [-0.25, -0.2) is 0 Å². The molecule has 1 N–H and O–H groups in total. The molecule has 3 rings (SSSR count). The van der Waals surface area contributed by atoms with E-state index in [-0.39, 0.29) is 0 Å². The summed E-state index contributed by atoms with van der Waals surface area (Å²) in [4.78, 5) is 0. The molecule has 1 unspecified atom stereocenters. The molecule has 0 saturated heterocycles. The lowest BCUT2D eigenvalue weighted by Crippen LogP contribution is -2.21. The highest BCUT2D eigenvalue weighted by Crippen LogP contribution is 2.34. The molecule has 0 saturated carbocycles. The molecule has 1 aromatic heterocycles. The van der Waals surface area contributed by atoms with Crippen LogP contribution in [-0.4, -0.2) is 13.3 Å². The van der Waals surface area contributed by atoms with Crippen LogP contribution in [0.4, 0.5) is 0 Å². The summed E-state index contributed by atoms with van der Waals surface area (Å²) in [5.74, 6) is 1.69. The maximum absolute atomic E-state index is 5.40. The quantitative estimate of drug-likeness (QED) is 0.907. The summed E-state index contributed by atoms with van der Waals surface area (Å²) in [6, 6.07) is 8.63. The summed E-state index contributed by atoms with van der Waals surface area (Å²) in [7, 11) is 0. The molecule has 1 atom stereocenters. The Labute approximate surface area is 117 Å². The minimum atomic E-state index is 0.313. The average molecular weight is 275 g/mol. The second kappa shape index (κ2) is 5.63. The fourth-order valence-corrected chi connectivity index (χ4v) is 2.87. The van der Waals surface area contributed by atoms with E-state index in [0.29, 0.717) is 12.8 Å². The first kappa shape index (κ1) is 12.5. The fourth-order valence-electron chi connectivity index (χ4n) is 2.17. The first-order valence-electron chi connectivity index (χ1n) is 6.47. The molecule has 100 valence electrons. The molecular weight excluding hydrogens is 258 g/mol. The van der Waals surface area contributed by atoms with Crippen LogP contribution in [0, 0.1) is 0 Å². The molecule has 1 aliphatic heterocycles. The molecule has 2 heterocycles. The molecule has 1 aliphatic rings. The standard InChI is InChI=1S/C15H17NO2S/c1-11(16-6-4-12-5-7-19-9-12)13-2-3-14-15(8-13)18-10-17-14/h2-3,5,7-9,11,16H,4,6,10H2,1H3. The van der Waals surface area contributed by atoms with E-state index in [4.69, 9.17) is 9.47 Å². The summed E-state index contributed by atoms with van der Waals surface area (Å²) in [6.45, 7) is 3.48. The number of thiophene rings is 1. The largest absolute Gasteiger partial charge is 0.454 e. The number of hydrogen-bond acceptors (Lipinski definition) is 4. The van der Waals surface area contributed by atoms with Crippen molar-refractivity contribution in [2.45, 2.75) is 19.4 Å². The van der Waals surface area contributed by atoms with Crippen molar-refractivity contribution >= 4 is 11.3 Å².